The number of benzene rings is 5. The molecule has 0 fully saturated rings. The van der Waals surface area contributed by atoms with Crippen LogP contribution in [0.3, 0.4) is 0 Å². The van der Waals surface area contributed by atoms with Gasteiger partial charge in [-0.2, -0.15) is 0 Å². The molecule has 5 aromatic carbocycles. The van der Waals surface area contributed by atoms with E-state index in [1.54, 1.807) is 121 Å². The number of aromatic hydroxyl groups is 5. The summed E-state index contributed by atoms with van der Waals surface area (Å²) in [6.45, 7) is 0. The van der Waals surface area contributed by atoms with Gasteiger partial charge in [-0.25, -0.2) is 0 Å². The first-order chi connectivity index (χ1) is 21.7. The smallest absolute Gasteiger partial charge is 0.160 e. The second-order valence-corrected chi connectivity index (χ2v) is 8.36. The summed E-state index contributed by atoms with van der Waals surface area (Å²) in [5, 5.41) is 44.9. The number of phenols is 5. The van der Waals surface area contributed by atoms with Gasteiger partial charge in [-0.1, -0.05) is 60.7 Å². The molecule has 46 heavy (non-hydrogen) atoms. The van der Waals surface area contributed by atoms with E-state index in [1.807, 2.05) is 0 Å². The molecule has 0 aliphatic heterocycles. The molecule has 0 heterocycles. The summed E-state index contributed by atoms with van der Waals surface area (Å²) in [4.78, 5) is 0. The second kappa shape index (κ2) is 24.2. The van der Waals surface area contributed by atoms with Crippen LogP contribution in [-0.4, -0.2) is 61.1 Å². The van der Waals surface area contributed by atoms with Crippen molar-refractivity contribution in [3.63, 3.8) is 0 Å². The average Bonchev–Trinajstić information content (AvgIpc) is 3.07. The fourth-order valence-corrected chi connectivity index (χ4v) is 3.15. The van der Waals surface area contributed by atoms with Gasteiger partial charge in [0.25, 0.3) is 0 Å². The third-order valence-corrected chi connectivity index (χ3v) is 5.43. The third-order valence-electron chi connectivity index (χ3n) is 5.43. The Morgan fingerprint density at radius 3 is 0.500 bits per heavy atom. The summed E-state index contributed by atoms with van der Waals surface area (Å²) in [7, 11) is 7.61. The Hall–Kier alpha value is -5.16. The molecule has 5 N–H and O–H groups in total. The molecule has 0 amide bonds. The number of ether oxygens (including phenoxy) is 5. The summed E-state index contributed by atoms with van der Waals surface area (Å²) in [5.74, 6) is 3.46. The normalized spacial score (nSPS) is 8.80. The average molecular weight is 714 g/mol. The maximum atomic E-state index is 8.99. The second-order valence-electron chi connectivity index (χ2n) is 8.36. The van der Waals surface area contributed by atoms with Crippen molar-refractivity contribution in [1.82, 2.24) is 0 Å². The van der Waals surface area contributed by atoms with Gasteiger partial charge in [0.05, 0.1) is 35.5 Å². The Kier molecular flexibility index (Phi) is 21.5. The quantitative estimate of drug-likeness (QED) is 0.121. The van der Waals surface area contributed by atoms with Gasteiger partial charge in [-0.15, -0.1) is 0 Å². The van der Waals surface area contributed by atoms with E-state index in [2.05, 4.69) is 0 Å². The number of para-hydroxylation sites is 10. The van der Waals surface area contributed by atoms with Crippen LogP contribution < -0.4 is 23.7 Å². The van der Waals surface area contributed by atoms with Crippen LogP contribution in [0.4, 0.5) is 0 Å². The van der Waals surface area contributed by atoms with Crippen LogP contribution in [-0.2, 0) is 22.4 Å². The van der Waals surface area contributed by atoms with Crippen LogP contribution in [0.5, 0.6) is 57.5 Å². The standard InChI is InChI=1S/5C7H8O2.Nb/c5*1-9-7-5-3-2-4-6(7)8;/h5*2-5,8H,1H3;. The van der Waals surface area contributed by atoms with E-state index in [4.69, 9.17) is 49.2 Å². The molecule has 0 unspecified atom stereocenters. The molecule has 5 aromatic rings. The van der Waals surface area contributed by atoms with Crippen molar-refractivity contribution in [2.45, 2.75) is 0 Å². The zero-order valence-electron chi connectivity index (χ0n) is 26.3. The van der Waals surface area contributed by atoms with E-state index in [0.717, 1.165) is 0 Å². The molecule has 1 radical (unpaired) electrons. The van der Waals surface area contributed by atoms with Crippen LogP contribution >= 0.6 is 0 Å². The fourth-order valence-electron chi connectivity index (χ4n) is 3.15. The monoisotopic (exact) mass is 713 g/mol. The van der Waals surface area contributed by atoms with Gasteiger partial charge in [0.15, 0.2) is 57.5 Å². The van der Waals surface area contributed by atoms with Crippen LogP contribution in [0.25, 0.3) is 0 Å². The molecule has 0 aliphatic carbocycles. The van der Waals surface area contributed by atoms with Crippen LogP contribution in [0.15, 0.2) is 121 Å². The fraction of sp³-hybridized carbons (Fsp3) is 0.143. The molecule has 11 heteroatoms. The number of phenolic OH excluding ortho intramolecular Hbond substituents is 5. The third kappa shape index (κ3) is 15.5. The van der Waals surface area contributed by atoms with Gasteiger partial charge in [0.2, 0.25) is 0 Å². The molecule has 0 saturated heterocycles. The molecule has 0 aliphatic rings. The van der Waals surface area contributed by atoms with Crippen molar-refractivity contribution in [2.24, 2.45) is 0 Å². The van der Waals surface area contributed by atoms with Gasteiger partial charge >= 0.3 is 0 Å². The van der Waals surface area contributed by atoms with Crippen LogP contribution in [0, 0.1) is 0 Å². The molecule has 0 atom stereocenters. The molecule has 5 rings (SSSR count). The first kappa shape index (κ1) is 40.8. The summed E-state index contributed by atoms with van der Waals surface area (Å²) >= 11 is 0. The topological polar surface area (TPSA) is 147 Å². The van der Waals surface area contributed by atoms with Crippen LogP contribution in [0.2, 0.25) is 0 Å². The van der Waals surface area contributed by atoms with Crippen molar-refractivity contribution in [3.05, 3.63) is 121 Å². The molecular weight excluding hydrogens is 673 g/mol. The summed E-state index contributed by atoms with van der Waals surface area (Å²) in [5.41, 5.74) is 0. The Morgan fingerprint density at radius 2 is 0.413 bits per heavy atom. The molecule has 0 bridgehead atoms. The van der Waals surface area contributed by atoms with Gasteiger partial charge < -0.3 is 49.2 Å². The number of hydrogen-bond donors (Lipinski definition) is 5. The first-order valence-electron chi connectivity index (χ1n) is 13.3. The minimum Gasteiger partial charge on any atom is -0.504 e. The summed E-state index contributed by atoms with van der Waals surface area (Å²) in [6, 6.07) is 34.2. The van der Waals surface area contributed by atoms with Crippen LogP contribution in [0.1, 0.15) is 0 Å². The zero-order chi connectivity index (χ0) is 33.5. The van der Waals surface area contributed by atoms with E-state index < -0.39 is 0 Å². The number of hydrogen-bond acceptors (Lipinski definition) is 10. The van der Waals surface area contributed by atoms with E-state index >= 15 is 0 Å². The molecule has 10 nitrogen and oxygen atoms in total. The molecule has 245 valence electrons. The van der Waals surface area contributed by atoms with Gasteiger partial charge in [0.1, 0.15) is 0 Å². The van der Waals surface area contributed by atoms with Gasteiger partial charge in [-0.3, -0.25) is 0 Å². The van der Waals surface area contributed by atoms with E-state index in [9.17, 15) is 0 Å². The molecular formula is C35H40NbO10. The maximum Gasteiger partial charge on any atom is 0.160 e. The van der Waals surface area contributed by atoms with Crippen molar-refractivity contribution in [1.29, 1.82) is 0 Å². The van der Waals surface area contributed by atoms with E-state index in [-0.39, 0.29) is 51.1 Å². The largest absolute Gasteiger partial charge is 0.504 e. The van der Waals surface area contributed by atoms with Crippen molar-refractivity contribution in [2.75, 3.05) is 35.5 Å². The van der Waals surface area contributed by atoms with Gasteiger partial charge in [-0.05, 0) is 60.7 Å². The molecule has 0 aromatic heterocycles. The van der Waals surface area contributed by atoms with Crippen molar-refractivity contribution in [3.8, 4) is 57.5 Å². The Labute approximate surface area is 285 Å². The van der Waals surface area contributed by atoms with Gasteiger partial charge in [0, 0.05) is 22.4 Å². The predicted octanol–water partition coefficient (Wildman–Crippen LogP) is 7.00. The van der Waals surface area contributed by atoms with E-state index in [0.29, 0.717) is 28.7 Å². The van der Waals surface area contributed by atoms with Crippen molar-refractivity contribution >= 4 is 0 Å². The minimum atomic E-state index is 0. The first-order valence-corrected chi connectivity index (χ1v) is 13.3. The minimum absolute atomic E-state index is 0. The number of methoxy groups -OCH3 is 5. The molecule has 0 spiro atoms. The van der Waals surface area contributed by atoms with Crippen molar-refractivity contribution < 1.29 is 71.6 Å². The molecule has 0 saturated carbocycles. The van der Waals surface area contributed by atoms with E-state index in [1.165, 1.54) is 35.5 Å². The summed E-state index contributed by atoms with van der Waals surface area (Å²) < 4.78 is 24.0. The zero-order valence-corrected chi connectivity index (χ0v) is 28.5. The Morgan fingerprint density at radius 1 is 0.283 bits per heavy atom. The Balaban J connectivity index is 0.000000547. The number of rotatable bonds is 5. The summed E-state index contributed by atoms with van der Waals surface area (Å²) in [6.07, 6.45) is 0. The Bertz CT molecular complexity index is 1250. The maximum absolute atomic E-state index is 8.99. The predicted molar refractivity (Wildman–Crippen MR) is 173 cm³/mol. The SMILES string of the molecule is COc1ccccc1O.COc1ccccc1O.COc1ccccc1O.COc1ccccc1O.COc1ccccc1O.[Nb].